The van der Waals surface area contributed by atoms with Crippen LogP contribution in [0.3, 0.4) is 0 Å². The molecule has 0 unspecified atom stereocenters. The summed E-state index contributed by atoms with van der Waals surface area (Å²) in [4.78, 5) is 24.3. The van der Waals surface area contributed by atoms with E-state index in [2.05, 4.69) is 63.5 Å². The van der Waals surface area contributed by atoms with Crippen LogP contribution in [0.25, 0.3) is 0 Å². The largest absolute Gasteiger partial charge is 0.492 e. The van der Waals surface area contributed by atoms with Crippen LogP contribution in [-0.2, 0) is 11.2 Å². The van der Waals surface area contributed by atoms with Gasteiger partial charge in [0.05, 0.1) is 15.6 Å². The van der Waals surface area contributed by atoms with Crippen molar-refractivity contribution in [2.75, 3.05) is 13.2 Å². The minimum Gasteiger partial charge on any atom is -0.492 e. The molecule has 30 heavy (non-hydrogen) atoms. The van der Waals surface area contributed by atoms with Crippen molar-refractivity contribution in [1.82, 2.24) is 10.9 Å². The lowest BCUT2D eigenvalue weighted by molar-refractivity contribution is -0.123. The van der Waals surface area contributed by atoms with Gasteiger partial charge in [0.15, 0.2) is 6.61 Å². The van der Waals surface area contributed by atoms with Gasteiger partial charge in [0, 0.05) is 5.56 Å². The molecule has 0 fully saturated rings. The molecule has 0 aliphatic heterocycles. The molecule has 0 aliphatic carbocycles. The highest BCUT2D eigenvalue weighted by molar-refractivity contribution is 9.10. The maximum absolute atomic E-state index is 12.3. The first-order chi connectivity index (χ1) is 14.3. The lowest BCUT2D eigenvalue weighted by atomic mass is 10.1. The van der Waals surface area contributed by atoms with Crippen LogP contribution >= 0.6 is 31.9 Å². The fraction of sp³-hybridized carbons (Fsp3) is 0.364. The predicted molar refractivity (Wildman–Crippen MR) is 124 cm³/mol. The molecule has 0 atom stereocenters. The summed E-state index contributed by atoms with van der Waals surface area (Å²) >= 11 is 6.84. The highest BCUT2D eigenvalue weighted by Crippen LogP contribution is 2.27. The number of nitrogens with one attached hydrogen (secondary N) is 2. The molecular formula is C22H26Br2N2O4. The minimum atomic E-state index is -0.470. The smallest absolute Gasteiger partial charge is 0.276 e. The number of carbonyl (C=O) groups excluding carboxylic acids is 2. The van der Waals surface area contributed by atoms with Crippen LogP contribution in [0.5, 0.6) is 11.5 Å². The molecule has 0 aromatic heterocycles. The van der Waals surface area contributed by atoms with Crippen molar-refractivity contribution in [3.63, 3.8) is 0 Å². The van der Waals surface area contributed by atoms with Crippen molar-refractivity contribution in [3.05, 3.63) is 56.5 Å². The average Bonchev–Trinajstić information content (AvgIpc) is 2.71. The van der Waals surface area contributed by atoms with Gasteiger partial charge in [0.2, 0.25) is 0 Å². The highest BCUT2D eigenvalue weighted by atomic mass is 79.9. The fourth-order valence-corrected chi connectivity index (χ4v) is 3.46. The van der Waals surface area contributed by atoms with E-state index >= 15 is 0 Å². The average molecular weight is 542 g/mol. The molecule has 2 aromatic carbocycles. The van der Waals surface area contributed by atoms with Crippen LogP contribution in [0.15, 0.2) is 45.3 Å². The number of hydrogen-bond donors (Lipinski definition) is 2. The van der Waals surface area contributed by atoms with Crippen LogP contribution in [0.4, 0.5) is 0 Å². The Kier molecular flexibility index (Phi) is 9.65. The molecule has 6 nitrogen and oxygen atoms in total. The molecular weight excluding hydrogens is 516 g/mol. The normalized spacial score (nSPS) is 10.6. The number of hydrazine groups is 1. The van der Waals surface area contributed by atoms with Crippen LogP contribution < -0.4 is 20.3 Å². The Morgan fingerprint density at radius 1 is 0.967 bits per heavy atom. The molecule has 0 radical (unpaired) electrons. The van der Waals surface area contributed by atoms with Gasteiger partial charge in [0.25, 0.3) is 11.8 Å². The van der Waals surface area contributed by atoms with Crippen molar-refractivity contribution < 1.29 is 19.1 Å². The van der Waals surface area contributed by atoms with E-state index in [0.29, 0.717) is 34.1 Å². The summed E-state index contributed by atoms with van der Waals surface area (Å²) in [6.45, 7) is 6.70. The molecule has 8 heteroatoms. The van der Waals surface area contributed by atoms with E-state index in [-0.39, 0.29) is 6.61 Å². The highest BCUT2D eigenvalue weighted by Gasteiger charge is 2.12. The van der Waals surface area contributed by atoms with Crippen LogP contribution in [0, 0.1) is 5.92 Å². The third-order valence-corrected chi connectivity index (χ3v) is 5.47. The molecule has 0 bridgehead atoms. The third-order valence-electron chi connectivity index (χ3n) is 4.23. The first-order valence-electron chi connectivity index (χ1n) is 9.73. The topological polar surface area (TPSA) is 76.7 Å². The Hall–Kier alpha value is -2.06. The minimum absolute atomic E-state index is 0.226. The van der Waals surface area contributed by atoms with E-state index < -0.39 is 11.8 Å². The Morgan fingerprint density at radius 2 is 1.63 bits per heavy atom. The first-order valence-corrected chi connectivity index (χ1v) is 11.3. The Labute approximate surface area is 193 Å². The molecule has 2 amide bonds. The SMILES string of the molecule is CCc1ccc(OCC(=O)NNC(=O)c2ccc(OCCC(C)C)c(Br)c2)c(Br)c1. The lowest BCUT2D eigenvalue weighted by Crippen LogP contribution is -2.43. The standard InChI is InChI=1S/C22H26Br2N2O4/c1-4-15-5-7-20(17(23)11-15)30-13-21(27)25-26-22(28)16-6-8-19(18(24)12-16)29-10-9-14(2)3/h5-8,11-12,14H,4,9-10,13H2,1-3H3,(H,25,27)(H,26,28). The lowest BCUT2D eigenvalue weighted by Gasteiger charge is -2.12. The van der Waals surface area contributed by atoms with Crippen LogP contribution in [-0.4, -0.2) is 25.0 Å². The Morgan fingerprint density at radius 3 is 2.27 bits per heavy atom. The molecule has 0 aliphatic rings. The maximum Gasteiger partial charge on any atom is 0.276 e. The van der Waals surface area contributed by atoms with Gasteiger partial charge in [0.1, 0.15) is 11.5 Å². The first kappa shape index (κ1) is 24.2. The summed E-state index contributed by atoms with van der Waals surface area (Å²) in [5.74, 6) is 0.877. The van der Waals surface area contributed by atoms with E-state index in [4.69, 9.17) is 9.47 Å². The number of rotatable bonds is 9. The fourth-order valence-electron chi connectivity index (χ4n) is 2.42. The van der Waals surface area contributed by atoms with Crippen molar-refractivity contribution in [1.29, 1.82) is 0 Å². The number of carbonyl (C=O) groups is 2. The van der Waals surface area contributed by atoms with E-state index in [9.17, 15) is 9.59 Å². The summed E-state index contributed by atoms with van der Waals surface area (Å²) in [5, 5.41) is 0. The number of amides is 2. The van der Waals surface area contributed by atoms with E-state index in [1.54, 1.807) is 24.3 Å². The van der Waals surface area contributed by atoms with E-state index in [0.717, 1.165) is 22.9 Å². The quantitative estimate of drug-likeness (QED) is 0.436. The molecule has 162 valence electrons. The zero-order valence-corrected chi connectivity index (χ0v) is 20.4. The number of halogens is 2. The summed E-state index contributed by atoms with van der Waals surface area (Å²) in [5.41, 5.74) is 6.28. The molecule has 0 heterocycles. The summed E-state index contributed by atoms with van der Waals surface area (Å²) in [6.07, 6.45) is 1.86. The maximum atomic E-state index is 12.3. The van der Waals surface area contributed by atoms with Gasteiger partial charge in [-0.2, -0.15) is 0 Å². The van der Waals surface area contributed by atoms with Gasteiger partial charge < -0.3 is 9.47 Å². The zero-order chi connectivity index (χ0) is 22.1. The molecule has 0 saturated carbocycles. The second-order valence-electron chi connectivity index (χ2n) is 7.09. The number of ether oxygens (including phenoxy) is 2. The predicted octanol–water partition coefficient (Wildman–Crippen LogP) is 5.04. The second kappa shape index (κ2) is 12.0. The molecule has 0 spiro atoms. The van der Waals surface area contributed by atoms with Crippen LogP contribution in [0.1, 0.15) is 43.1 Å². The monoisotopic (exact) mass is 540 g/mol. The summed E-state index contributed by atoms with van der Waals surface area (Å²) in [7, 11) is 0. The van der Waals surface area contributed by atoms with Crippen LogP contribution in [0.2, 0.25) is 0 Å². The van der Waals surface area contributed by atoms with Gasteiger partial charge in [-0.1, -0.05) is 26.8 Å². The number of benzene rings is 2. The van der Waals surface area contributed by atoms with Gasteiger partial charge in [-0.3, -0.25) is 20.4 Å². The molecule has 2 aromatic rings. The number of hydrogen-bond acceptors (Lipinski definition) is 4. The van der Waals surface area contributed by atoms with Crippen molar-refractivity contribution in [2.45, 2.75) is 33.6 Å². The summed E-state index contributed by atoms with van der Waals surface area (Å²) < 4.78 is 12.7. The number of aryl methyl sites for hydroxylation is 1. The third kappa shape index (κ3) is 7.65. The second-order valence-corrected chi connectivity index (χ2v) is 8.79. The van der Waals surface area contributed by atoms with Crippen molar-refractivity contribution in [3.8, 4) is 11.5 Å². The van der Waals surface area contributed by atoms with Gasteiger partial charge in [-0.25, -0.2) is 0 Å². The Balaban J connectivity index is 1.81. The van der Waals surface area contributed by atoms with Crippen molar-refractivity contribution in [2.24, 2.45) is 5.92 Å². The van der Waals surface area contributed by atoms with Gasteiger partial charge >= 0.3 is 0 Å². The van der Waals surface area contributed by atoms with Gasteiger partial charge in [-0.05, 0) is 86.5 Å². The zero-order valence-electron chi connectivity index (χ0n) is 17.3. The van der Waals surface area contributed by atoms with E-state index in [1.807, 2.05) is 12.1 Å². The van der Waals surface area contributed by atoms with Crippen molar-refractivity contribution >= 4 is 43.7 Å². The van der Waals surface area contributed by atoms with Gasteiger partial charge in [-0.15, -0.1) is 0 Å². The summed E-state index contributed by atoms with van der Waals surface area (Å²) in [6, 6.07) is 10.7. The molecule has 2 rings (SSSR count). The van der Waals surface area contributed by atoms with E-state index in [1.165, 1.54) is 0 Å². The molecule has 0 saturated heterocycles. The Bertz CT molecular complexity index is 887. The molecule has 2 N–H and O–H groups in total.